The van der Waals surface area contributed by atoms with Gasteiger partial charge in [0.15, 0.2) is 12.4 Å². The van der Waals surface area contributed by atoms with Gasteiger partial charge in [-0.3, -0.25) is 9.59 Å². The minimum Gasteiger partial charge on any atom is -0.482 e. The van der Waals surface area contributed by atoms with Crippen LogP contribution in [-0.2, 0) is 11.3 Å². The molecule has 1 amide bonds. The van der Waals surface area contributed by atoms with Crippen LogP contribution >= 0.6 is 11.6 Å². The number of amides is 1. The molecule has 0 aliphatic rings. The van der Waals surface area contributed by atoms with Gasteiger partial charge < -0.3 is 14.5 Å². The van der Waals surface area contributed by atoms with E-state index in [0.717, 1.165) is 0 Å². The quantitative estimate of drug-likeness (QED) is 0.833. The summed E-state index contributed by atoms with van der Waals surface area (Å²) in [4.78, 5) is 22.8. The topological polar surface area (TPSA) is 68.5 Å². The number of furan rings is 1. The Bertz CT molecular complexity index is 637. The lowest BCUT2D eigenvalue weighted by molar-refractivity contribution is -0.123. The van der Waals surface area contributed by atoms with Crippen LogP contribution < -0.4 is 10.1 Å². The van der Waals surface area contributed by atoms with Gasteiger partial charge in [-0.25, -0.2) is 0 Å². The van der Waals surface area contributed by atoms with Crippen LogP contribution in [0.5, 0.6) is 5.75 Å². The molecule has 0 saturated carbocycles. The minimum atomic E-state index is -0.293. The summed E-state index contributed by atoms with van der Waals surface area (Å²) in [5.41, 5.74) is 0.495. The number of rotatable bonds is 6. The monoisotopic (exact) mass is 307 g/mol. The van der Waals surface area contributed by atoms with Gasteiger partial charge in [-0.05, 0) is 37.3 Å². The molecule has 1 aromatic heterocycles. The summed E-state index contributed by atoms with van der Waals surface area (Å²) in [5, 5.41) is 2.94. The highest BCUT2D eigenvalue weighted by Crippen LogP contribution is 2.25. The zero-order valence-electron chi connectivity index (χ0n) is 11.4. The first kappa shape index (κ1) is 15.1. The molecule has 1 heterocycles. The maximum absolute atomic E-state index is 11.6. The molecule has 0 fully saturated rings. The van der Waals surface area contributed by atoms with Gasteiger partial charge >= 0.3 is 0 Å². The predicted octanol–water partition coefficient (Wildman–Crippen LogP) is 2.83. The number of carbonyl (C=O) groups excluding carboxylic acids is 2. The third-order valence-electron chi connectivity index (χ3n) is 2.74. The molecule has 5 nitrogen and oxygen atoms in total. The lowest BCUT2D eigenvalue weighted by atomic mass is 10.1. The van der Waals surface area contributed by atoms with E-state index in [1.165, 1.54) is 19.3 Å². The van der Waals surface area contributed by atoms with Crippen molar-refractivity contribution < 1.29 is 18.7 Å². The number of carbonyl (C=O) groups is 2. The van der Waals surface area contributed by atoms with Crippen molar-refractivity contribution in [2.45, 2.75) is 13.5 Å². The molecule has 0 atom stereocenters. The maximum Gasteiger partial charge on any atom is 0.258 e. The Kier molecular flexibility index (Phi) is 5.00. The van der Waals surface area contributed by atoms with Crippen LogP contribution in [0, 0.1) is 0 Å². The Morgan fingerprint density at radius 3 is 2.76 bits per heavy atom. The second-order valence-corrected chi connectivity index (χ2v) is 4.75. The molecule has 0 unspecified atom stereocenters. The molecule has 0 radical (unpaired) electrons. The lowest BCUT2D eigenvalue weighted by Gasteiger charge is -2.09. The van der Waals surface area contributed by atoms with Gasteiger partial charge in [0.2, 0.25) is 0 Å². The van der Waals surface area contributed by atoms with Crippen molar-refractivity contribution in [2.24, 2.45) is 0 Å². The average Bonchev–Trinajstić information content (AvgIpc) is 2.97. The molecule has 0 aliphatic carbocycles. The van der Waals surface area contributed by atoms with Gasteiger partial charge in [0.05, 0.1) is 17.8 Å². The van der Waals surface area contributed by atoms with Crippen molar-refractivity contribution in [3.63, 3.8) is 0 Å². The Morgan fingerprint density at radius 1 is 1.33 bits per heavy atom. The van der Waals surface area contributed by atoms with E-state index in [4.69, 9.17) is 20.8 Å². The molecule has 2 aromatic rings. The molecule has 6 heteroatoms. The molecule has 0 bridgehead atoms. The van der Waals surface area contributed by atoms with E-state index < -0.39 is 0 Å². The van der Waals surface area contributed by atoms with E-state index in [0.29, 0.717) is 28.6 Å². The van der Waals surface area contributed by atoms with Crippen molar-refractivity contribution in [3.05, 3.63) is 52.9 Å². The van der Waals surface area contributed by atoms with Crippen LogP contribution in [0.3, 0.4) is 0 Å². The molecule has 1 aromatic carbocycles. The maximum atomic E-state index is 11.6. The fourth-order valence-electron chi connectivity index (χ4n) is 1.63. The van der Waals surface area contributed by atoms with Crippen molar-refractivity contribution in [2.75, 3.05) is 6.61 Å². The summed E-state index contributed by atoms with van der Waals surface area (Å²) < 4.78 is 10.4. The van der Waals surface area contributed by atoms with Crippen LogP contribution in [-0.4, -0.2) is 18.3 Å². The number of hydrogen-bond donors (Lipinski definition) is 1. The Labute approximate surface area is 126 Å². The van der Waals surface area contributed by atoms with E-state index in [9.17, 15) is 9.59 Å². The van der Waals surface area contributed by atoms with E-state index >= 15 is 0 Å². The smallest absolute Gasteiger partial charge is 0.258 e. The number of Topliss-reactive ketones (excluding diaryl/α,β-unsaturated/α-hetero) is 1. The summed E-state index contributed by atoms with van der Waals surface area (Å²) in [7, 11) is 0. The zero-order chi connectivity index (χ0) is 15.2. The van der Waals surface area contributed by atoms with Gasteiger partial charge in [-0.15, -0.1) is 0 Å². The highest BCUT2D eigenvalue weighted by Gasteiger charge is 2.08. The summed E-state index contributed by atoms with van der Waals surface area (Å²) in [6.45, 7) is 1.58. The van der Waals surface area contributed by atoms with Gasteiger partial charge in [0, 0.05) is 5.56 Å². The fourth-order valence-corrected chi connectivity index (χ4v) is 1.87. The summed E-state index contributed by atoms with van der Waals surface area (Å²) in [5.74, 6) is 0.639. The highest BCUT2D eigenvalue weighted by molar-refractivity contribution is 6.32. The van der Waals surface area contributed by atoms with Crippen molar-refractivity contribution in [1.82, 2.24) is 5.32 Å². The fraction of sp³-hybridized carbons (Fsp3) is 0.200. The van der Waals surface area contributed by atoms with Gasteiger partial charge in [-0.2, -0.15) is 0 Å². The van der Waals surface area contributed by atoms with Crippen molar-refractivity contribution >= 4 is 23.3 Å². The second-order valence-electron chi connectivity index (χ2n) is 4.35. The Morgan fingerprint density at radius 2 is 2.14 bits per heavy atom. The van der Waals surface area contributed by atoms with Gasteiger partial charge in [0.25, 0.3) is 5.91 Å². The third-order valence-corrected chi connectivity index (χ3v) is 3.03. The van der Waals surface area contributed by atoms with Crippen LogP contribution in [0.2, 0.25) is 5.02 Å². The predicted molar refractivity (Wildman–Crippen MR) is 77.5 cm³/mol. The summed E-state index contributed by atoms with van der Waals surface area (Å²) >= 11 is 5.99. The number of hydrogen-bond acceptors (Lipinski definition) is 4. The second kappa shape index (κ2) is 6.95. The summed E-state index contributed by atoms with van der Waals surface area (Å²) in [6.07, 6.45) is 1.54. The molecule has 21 heavy (non-hydrogen) atoms. The number of halogens is 1. The number of nitrogens with one attached hydrogen (secondary N) is 1. The molecule has 110 valence electrons. The molecule has 0 saturated heterocycles. The molecule has 1 N–H and O–H groups in total. The standard InChI is InChI=1S/C15H14ClNO4/c1-10(18)11-4-5-14(13(16)7-11)21-9-15(19)17-8-12-3-2-6-20-12/h2-7H,8-9H2,1H3,(H,17,19). The van der Waals surface area contributed by atoms with E-state index in [-0.39, 0.29) is 18.3 Å². The van der Waals surface area contributed by atoms with Crippen LogP contribution in [0.25, 0.3) is 0 Å². The first-order chi connectivity index (χ1) is 10.1. The zero-order valence-corrected chi connectivity index (χ0v) is 12.1. The van der Waals surface area contributed by atoms with E-state index in [1.54, 1.807) is 24.3 Å². The number of ether oxygens (including phenoxy) is 1. The summed E-state index contributed by atoms with van der Waals surface area (Å²) in [6, 6.07) is 8.19. The van der Waals surface area contributed by atoms with Gasteiger partial charge in [-0.1, -0.05) is 11.6 Å². The highest BCUT2D eigenvalue weighted by atomic mass is 35.5. The molecular formula is C15H14ClNO4. The normalized spacial score (nSPS) is 10.2. The Hall–Kier alpha value is -2.27. The van der Waals surface area contributed by atoms with Crippen LogP contribution in [0.4, 0.5) is 0 Å². The largest absolute Gasteiger partial charge is 0.482 e. The van der Waals surface area contributed by atoms with E-state index in [2.05, 4.69) is 5.32 Å². The SMILES string of the molecule is CC(=O)c1ccc(OCC(=O)NCc2ccco2)c(Cl)c1. The van der Waals surface area contributed by atoms with E-state index in [1.807, 2.05) is 0 Å². The van der Waals surface area contributed by atoms with Crippen molar-refractivity contribution in [1.29, 1.82) is 0 Å². The first-order valence-electron chi connectivity index (χ1n) is 6.28. The lowest BCUT2D eigenvalue weighted by Crippen LogP contribution is -2.28. The van der Waals surface area contributed by atoms with Crippen LogP contribution in [0.1, 0.15) is 23.0 Å². The van der Waals surface area contributed by atoms with Crippen LogP contribution in [0.15, 0.2) is 41.0 Å². The van der Waals surface area contributed by atoms with Gasteiger partial charge in [0.1, 0.15) is 11.5 Å². The number of benzene rings is 1. The minimum absolute atomic E-state index is 0.0837. The first-order valence-corrected chi connectivity index (χ1v) is 6.66. The molecular weight excluding hydrogens is 294 g/mol. The molecule has 2 rings (SSSR count). The number of ketones is 1. The molecule has 0 spiro atoms. The van der Waals surface area contributed by atoms with Crippen molar-refractivity contribution in [3.8, 4) is 5.75 Å². The molecule has 0 aliphatic heterocycles. The third kappa shape index (κ3) is 4.36. The average molecular weight is 308 g/mol. The Balaban J connectivity index is 1.85.